The van der Waals surface area contributed by atoms with Crippen molar-refractivity contribution in [3.63, 3.8) is 0 Å². The van der Waals surface area contributed by atoms with Crippen LogP contribution in [-0.4, -0.2) is 22.1 Å². The molecule has 6 nitrogen and oxygen atoms in total. The van der Waals surface area contributed by atoms with Crippen molar-refractivity contribution in [1.29, 1.82) is 0 Å². The minimum absolute atomic E-state index is 0.259. The standard InChI is InChI=1S/C10H13N5OS/c1-6-14-5-7(17-6)8(15-11)9-10(16-2)13-4-3-12-9/h3-5,8,15H,11H2,1-2H3. The van der Waals surface area contributed by atoms with Gasteiger partial charge in [0.15, 0.2) is 0 Å². The molecule has 0 spiro atoms. The van der Waals surface area contributed by atoms with Crippen molar-refractivity contribution in [3.8, 4) is 5.88 Å². The molecule has 2 rings (SSSR count). The van der Waals surface area contributed by atoms with Gasteiger partial charge in [0, 0.05) is 23.5 Å². The lowest BCUT2D eigenvalue weighted by molar-refractivity contribution is 0.383. The summed E-state index contributed by atoms with van der Waals surface area (Å²) in [5.41, 5.74) is 3.36. The molecule has 0 amide bonds. The number of thiazole rings is 1. The molecule has 0 aliphatic carbocycles. The van der Waals surface area contributed by atoms with Gasteiger partial charge in [0.05, 0.1) is 12.1 Å². The lowest BCUT2D eigenvalue weighted by atomic mass is 10.2. The second-order valence-corrected chi connectivity index (χ2v) is 4.60. The van der Waals surface area contributed by atoms with E-state index < -0.39 is 0 Å². The van der Waals surface area contributed by atoms with Gasteiger partial charge < -0.3 is 4.74 Å². The summed E-state index contributed by atoms with van der Waals surface area (Å²) in [6, 6.07) is -0.259. The molecule has 0 aliphatic heterocycles. The summed E-state index contributed by atoms with van der Waals surface area (Å²) in [5.74, 6) is 6.03. The fraction of sp³-hybridized carbons (Fsp3) is 0.300. The van der Waals surface area contributed by atoms with Crippen LogP contribution >= 0.6 is 11.3 Å². The molecule has 1 atom stereocenters. The van der Waals surface area contributed by atoms with E-state index in [0.29, 0.717) is 11.6 Å². The third-order valence-corrected chi connectivity index (χ3v) is 3.23. The largest absolute Gasteiger partial charge is 0.480 e. The average molecular weight is 251 g/mol. The molecule has 0 aliphatic rings. The third kappa shape index (κ3) is 2.41. The van der Waals surface area contributed by atoms with Crippen LogP contribution in [0.2, 0.25) is 0 Å². The van der Waals surface area contributed by atoms with E-state index in [2.05, 4.69) is 20.4 Å². The molecule has 0 saturated carbocycles. The molecule has 0 fully saturated rings. The van der Waals surface area contributed by atoms with E-state index in [1.54, 1.807) is 37.0 Å². The van der Waals surface area contributed by atoms with Crippen LogP contribution in [0.1, 0.15) is 21.6 Å². The van der Waals surface area contributed by atoms with Crippen molar-refractivity contribution in [2.45, 2.75) is 13.0 Å². The summed E-state index contributed by atoms with van der Waals surface area (Å²) >= 11 is 1.56. The first kappa shape index (κ1) is 11.9. The van der Waals surface area contributed by atoms with Crippen LogP contribution in [0, 0.1) is 6.92 Å². The number of aromatic nitrogens is 3. The summed E-state index contributed by atoms with van der Waals surface area (Å²) in [6.07, 6.45) is 4.96. The van der Waals surface area contributed by atoms with Crippen LogP contribution < -0.4 is 16.0 Å². The predicted molar refractivity (Wildman–Crippen MR) is 64.6 cm³/mol. The first-order chi connectivity index (χ1) is 8.26. The molecule has 3 N–H and O–H groups in total. The van der Waals surface area contributed by atoms with E-state index in [4.69, 9.17) is 10.6 Å². The average Bonchev–Trinajstić information content (AvgIpc) is 2.77. The lowest BCUT2D eigenvalue weighted by Crippen LogP contribution is -2.29. The van der Waals surface area contributed by atoms with Crippen molar-refractivity contribution < 1.29 is 4.74 Å². The first-order valence-corrected chi connectivity index (χ1v) is 5.81. The van der Waals surface area contributed by atoms with E-state index in [1.165, 1.54) is 0 Å². The Kier molecular flexibility index (Phi) is 3.62. The molecule has 2 heterocycles. The Labute approximate surface area is 103 Å². The number of hydrogen-bond donors (Lipinski definition) is 2. The number of nitrogens with one attached hydrogen (secondary N) is 1. The molecule has 0 bridgehead atoms. The minimum Gasteiger partial charge on any atom is -0.480 e. The van der Waals surface area contributed by atoms with E-state index >= 15 is 0 Å². The van der Waals surface area contributed by atoms with Gasteiger partial charge in [-0.15, -0.1) is 11.3 Å². The number of ether oxygens (including phenoxy) is 1. The molecule has 17 heavy (non-hydrogen) atoms. The highest BCUT2D eigenvalue weighted by Gasteiger charge is 2.21. The first-order valence-electron chi connectivity index (χ1n) is 4.99. The van der Waals surface area contributed by atoms with E-state index in [0.717, 1.165) is 9.88 Å². The summed E-state index contributed by atoms with van der Waals surface area (Å²) in [7, 11) is 1.55. The molecule has 2 aromatic rings. The van der Waals surface area contributed by atoms with Gasteiger partial charge in [-0.25, -0.2) is 15.4 Å². The highest BCUT2D eigenvalue weighted by Crippen LogP contribution is 2.28. The predicted octanol–water partition coefficient (Wildman–Crippen LogP) is 0.803. The van der Waals surface area contributed by atoms with E-state index in [-0.39, 0.29) is 6.04 Å². The maximum Gasteiger partial charge on any atom is 0.237 e. The summed E-state index contributed by atoms with van der Waals surface area (Å²) in [6.45, 7) is 1.94. The number of hydrogen-bond acceptors (Lipinski definition) is 7. The van der Waals surface area contributed by atoms with Crippen LogP contribution in [0.3, 0.4) is 0 Å². The summed E-state index contributed by atoms with van der Waals surface area (Å²) in [4.78, 5) is 13.5. The number of nitrogens with zero attached hydrogens (tertiary/aromatic N) is 3. The molecule has 0 aromatic carbocycles. The van der Waals surface area contributed by atoms with Gasteiger partial charge in [-0.1, -0.05) is 0 Å². The highest BCUT2D eigenvalue weighted by atomic mass is 32.1. The Hall–Kier alpha value is -1.57. The second kappa shape index (κ2) is 5.17. The van der Waals surface area contributed by atoms with Crippen molar-refractivity contribution in [1.82, 2.24) is 20.4 Å². The van der Waals surface area contributed by atoms with Gasteiger partial charge in [-0.05, 0) is 6.92 Å². The van der Waals surface area contributed by atoms with Gasteiger partial charge >= 0.3 is 0 Å². The molecular formula is C10H13N5OS. The monoisotopic (exact) mass is 251 g/mol. The Morgan fingerprint density at radius 1 is 1.35 bits per heavy atom. The van der Waals surface area contributed by atoms with Crippen LogP contribution in [0.5, 0.6) is 5.88 Å². The Morgan fingerprint density at radius 3 is 2.71 bits per heavy atom. The normalized spacial score (nSPS) is 12.4. The van der Waals surface area contributed by atoms with Crippen molar-refractivity contribution in [2.24, 2.45) is 5.84 Å². The van der Waals surface area contributed by atoms with Gasteiger partial charge in [0.1, 0.15) is 11.7 Å². The fourth-order valence-electron chi connectivity index (χ4n) is 1.50. The van der Waals surface area contributed by atoms with Gasteiger partial charge in [0.25, 0.3) is 0 Å². The topological polar surface area (TPSA) is 86.0 Å². The summed E-state index contributed by atoms with van der Waals surface area (Å²) in [5, 5.41) is 0.975. The SMILES string of the molecule is COc1nccnc1C(NN)c1cnc(C)s1. The Balaban J connectivity index is 2.41. The Bertz CT molecular complexity index is 501. The zero-order valence-corrected chi connectivity index (χ0v) is 10.4. The molecular weight excluding hydrogens is 238 g/mol. The van der Waals surface area contributed by atoms with Gasteiger partial charge in [-0.2, -0.15) is 0 Å². The second-order valence-electron chi connectivity index (χ2n) is 3.33. The molecule has 0 saturated heterocycles. The number of rotatable bonds is 4. The maximum atomic E-state index is 5.58. The van der Waals surface area contributed by atoms with Crippen LogP contribution in [0.15, 0.2) is 18.6 Å². The molecule has 2 aromatic heterocycles. The molecule has 7 heteroatoms. The third-order valence-electron chi connectivity index (χ3n) is 2.25. The van der Waals surface area contributed by atoms with E-state index in [1.807, 2.05) is 6.92 Å². The summed E-state index contributed by atoms with van der Waals surface area (Å²) < 4.78 is 5.17. The maximum absolute atomic E-state index is 5.58. The highest BCUT2D eigenvalue weighted by molar-refractivity contribution is 7.11. The lowest BCUT2D eigenvalue weighted by Gasteiger charge is -2.14. The molecule has 90 valence electrons. The minimum atomic E-state index is -0.259. The number of aryl methyl sites for hydroxylation is 1. The van der Waals surface area contributed by atoms with Crippen molar-refractivity contribution >= 4 is 11.3 Å². The molecule has 0 radical (unpaired) electrons. The van der Waals surface area contributed by atoms with Gasteiger partial charge in [-0.3, -0.25) is 10.8 Å². The van der Waals surface area contributed by atoms with Crippen molar-refractivity contribution in [2.75, 3.05) is 7.11 Å². The quantitative estimate of drug-likeness (QED) is 0.617. The number of methoxy groups -OCH3 is 1. The number of hydrazine groups is 1. The van der Waals surface area contributed by atoms with Crippen LogP contribution in [0.4, 0.5) is 0 Å². The van der Waals surface area contributed by atoms with Gasteiger partial charge in [0.2, 0.25) is 5.88 Å². The van der Waals surface area contributed by atoms with Crippen LogP contribution in [0.25, 0.3) is 0 Å². The van der Waals surface area contributed by atoms with Crippen molar-refractivity contribution in [3.05, 3.63) is 34.2 Å². The fourth-order valence-corrected chi connectivity index (χ4v) is 2.35. The zero-order valence-electron chi connectivity index (χ0n) is 9.54. The van der Waals surface area contributed by atoms with Crippen LogP contribution in [-0.2, 0) is 0 Å². The van der Waals surface area contributed by atoms with E-state index in [9.17, 15) is 0 Å². The Morgan fingerprint density at radius 2 is 2.12 bits per heavy atom. The number of nitrogens with two attached hydrogens (primary N) is 1. The zero-order chi connectivity index (χ0) is 12.3. The smallest absolute Gasteiger partial charge is 0.237 e. The molecule has 1 unspecified atom stereocenters.